The third-order valence-electron chi connectivity index (χ3n) is 1.87. The molecule has 1 rings (SSSR count). The lowest BCUT2D eigenvalue weighted by Crippen LogP contribution is -2.15. The number of furan rings is 1. The van der Waals surface area contributed by atoms with E-state index < -0.39 is 0 Å². The highest BCUT2D eigenvalue weighted by atomic mass is 16.5. The fourth-order valence-electron chi connectivity index (χ4n) is 0.722. The highest BCUT2D eigenvalue weighted by molar-refractivity contribution is 5.50. The normalized spacial score (nSPS) is 10.6. The number of carbonyl (C=O) groups is 2. The zero-order valence-electron chi connectivity index (χ0n) is 13.5. The lowest BCUT2D eigenvalue weighted by Gasteiger charge is -2.14. The van der Waals surface area contributed by atoms with E-state index in [0.717, 1.165) is 6.29 Å². The van der Waals surface area contributed by atoms with E-state index in [0.29, 0.717) is 12.2 Å². The third kappa shape index (κ3) is 16.5. The number of ether oxygens (including phenoxy) is 1. The van der Waals surface area contributed by atoms with Crippen molar-refractivity contribution in [2.75, 3.05) is 7.11 Å². The van der Waals surface area contributed by atoms with Gasteiger partial charge in [0.15, 0.2) is 0 Å². The Morgan fingerprint density at radius 3 is 2.10 bits per heavy atom. The summed E-state index contributed by atoms with van der Waals surface area (Å²) >= 11 is 0. The predicted molar refractivity (Wildman–Crippen MR) is 81.5 cm³/mol. The van der Waals surface area contributed by atoms with Crippen molar-refractivity contribution in [2.24, 2.45) is 5.73 Å². The summed E-state index contributed by atoms with van der Waals surface area (Å²) in [7, 11) is 1.71. The Bertz CT molecular complexity index is 291. The molecule has 0 saturated carbocycles. The molecule has 0 spiro atoms. The molecule has 1 atom stereocenters. The summed E-state index contributed by atoms with van der Waals surface area (Å²) in [6.07, 6.45) is 2.64. The molecule has 5 heteroatoms. The van der Waals surface area contributed by atoms with E-state index in [-0.39, 0.29) is 11.6 Å². The van der Waals surface area contributed by atoms with Gasteiger partial charge in [-0.05, 0) is 32.9 Å². The molecule has 0 aromatic carbocycles. The van der Waals surface area contributed by atoms with Crippen LogP contribution in [-0.2, 0) is 14.3 Å². The van der Waals surface area contributed by atoms with Crippen molar-refractivity contribution < 1.29 is 18.7 Å². The topological polar surface area (TPSA) is 82.5 Å². The zero-order chi connectivity index (χ0) is 16.6. The first-order valence-corrected chi connectivity index (χ1v) is 6.47. The van der Waals surface area contributed by atoms with Gasteiger partial charge in [0.25, 0.3) is 0 Å². The van der Waals surface area contributed by atoms with Gasteiger partial charge in [0.2, 0.25) is 0 Å². The Hall–Kier alpha value is -1.46. The largest absolute Gasteiger partial charge is 0.468 e. The van der Waals surface area contributed by atoms with Crippen LogP contribution in [0.15, 0.2) is 22.8 Å². The van der Waals surface area contributed by atoms with Gasteiger partial charge in [-0.25, -0.2) is 0 Å². The molecular formula is C15H29NO4. The summed E-state index contributed by atoms with van der Waals surface area (Å²) < 4.78 is 9.90. The zero-order valence-corrected chi connectivity index (χ0v) is 13.5. The molecule has 0 fully saturated rings. The Kier molecular flexibility index (Phi) is 18.4. The van der Waals surface area contributed by atoms with Gasteiger partial charge in [-0.2, -0.15) is 0 Å². The summed E-state index contributed by atoms with van der Waals surface area (Å²) in [6, 6.07) is 3.22. The minimum atomic E-state index is -0.285. The Labute approximate surface area is 122 Å². The first-order chi connectivity index (χ1) is 9.40. The van der Waals surface area contributed by atoms with Crippen LogP contribution in [0.4, 0.5) is 0 Å². The minimum absolute atomic E-state index is 0.0417. The van der Waals surface area contributed by atoms with E-state index in [9.17, 15) is 4.79 Å². The Balaban J connectivity index is -0.000000250. The van der Waals surface area contributed by atoms with Gasteiger partial charge in [-0.1, -0.05) is 13.8 Å². The van der Waals surface area contributed by atoms with Gasteiger partial charge < -0.3 is 24.5 Å². The van der Waals surface area contributed by atoms with Crippen molar-refractivity contribution in [1.29, 1.82) is 0 Å². The maximum Gasteiger partial charge on any atom is 0.122 e. The first kappa shape index (κ1) is 23.6. The van der Waals surface area contributed by atoms with Crippen LogP contribution in [0, 0.1) is 0 Å². The van der Waals surface area contributed by atoms with Crippen LogP contribution in [0.25, 0.3) is 0 Å². The Morgan fingerprint density at radius 1 is 1.40 bits per heavy atom. The van der Waals surface area contributed by atoms with E-state index >= 15 is 0 Å². The van der Waals surface area contributed by atoms with Gasteiger partial charge in [0.05, 0.1) is 17.9 Å². The minimum Gasteiger partial charge on any atom is -0.468 e. The molecule has 0 aliphatic carbocycles. The smallest absolute Gasteiger partial charge is 0.122 e. The average molecular weight is 287 g/mol. The summed E-state index contributed by atoms with van der Waals surface area (Å²) in [6.45, 7) is 12.1. The van der Waals surface area contributed by atoms with Crippen LogP contribution in [0.1, 0.15) is 52.8 Å². The molecule has 1 heterocycles. The Morgan fingerprint density at radius 2 is 1.85 bits per heavy atom. The number of hydrogen-bond donors (Lipinski definition) is 1. The second-order valence-electron chi connectivity index (χ2n) is 4.34. The summed E-state index contributed by atoms with van der Waals surface area (Å²) in [4.78, 5) is 18.0. The number of hydrogen-bond acceptors (Lipinski definition) is 5. The number of rotatable bonds is 3. The molecule has 0 radical (unpaired) electrons. The first-order valence-electron chi connectivity index (χ1n) is 6.47. The van der Waals surface area contributed by atoms with Crippen LogP contribution in [0.3, 0.4) is 0 Å². The summed E-state index contributed by atoms with van der Waals surface area (Å²) in [5, 5.41) is 0. The molecule has 1 unspecified atom stereocenters. The molecule has 0 bridgehead atoms. The average Bonchev–Trinajstić information content (AvgIpc) is 2.98. The summed E-state index contributed by atoms with van der Waals surface area (Å²) in [5.74, 6) is 0.659. The van der Waals surface area contributed by atoms with Gasteiger partial charge in [-0.15, -0.1) is 0 Å². The summed E-state index contributed by atoms with van der Waals surface area (Å²) in [5.41, 5.74) is 5.57. The van der Waals surface area contributed by atoms with E-state index in [1.54, 1.807) is 25.5 Å². The van der Waals surface area contributed by atoms with Gasteiger partial charge in [0.1, 0.15) is 18.8 Å². The maximum atomic E-state index is 9.99. The van der Waals surface area contributed by atoms with Crippen molar-refractivity contribution >= 4 is 13.1 Å². The van der Waals surface area contributed by atoms with Crippen molar-refractivity contribution in [3.05, 3.63) is 24.2 Å². The van der Waals surface area contributed by atoms with E-state index in [4.69, 9.17) is 19.7 Å². The standard InChI is InChI=1S/C7H9NO2.C5H12O.C2H6.CH2O/c8-6(3-4-9)7-2-1-5-10-7;1-5(2,3)6-4;2*1-2/h1-2,4-6H,3,8H2;1-4H3;1-2H3;1H2. The molecular weight excluding hydrogens is 258 g/mol. The van der Waals surface area contributed by atoms with Crippen molar-refractivity contribution in [3.63, 3.8) is 0 Å². The molecule has 0 aliphatic heterocycles. The lowest BCUT2D eigenvalue weighted by molar-refractivity contribution is -0.108. The molecule has 0 amide bonds. The maximum absolute atomic E-state index is 9.99. The fraction of sp³-hybridized carbons (Fsp3) is 0.600. The van der Waals surface area contributed by atoms with E-state index in [1.807, 2.05) is 41.4 Å². The van der Waals surface area contributed by atoms with Crippen molar-refractivity contribution in [2.45, 2.75) is 52.7 Å². The van der Waals surface area contributed by atoms with Crippen molar-refractivity contribution in [3.8, 4) is 0 Å². The fourth-order valence-corrected chi connectivity index (χ4v) is 0.722. The van der Waals surface area contributed by atoms with Crippen LogP contribution in [-0.4, -0.2) is 25.8 Å². The molecule has 0 aliphatic rings. The quantitative estimate of drug-likeness (QED) is 0.863. The molecule has 0 saturated heterocycles. The second-order valence-corrected chi connectivity index (χ2v) is 4.34. The van der Waals surface area contributed by atoms with Crippen LogP contribution in [0.5, 0.6) is 0 Å². The highest BCUT2D eigenvalue weighted by Gasteiger charge is 2.06. The van der Waals surface area contributed by atoms with Crippen LogP contribution >= 0.6 is 0 Å². The molecule has 5 nitrogen and oxygen atoms in total. The van der Waals surface area contributed by atoms with E-state index in [1.165, 1.54) is 0 Å². The third-order valence-corrected chi connectivity index (χ3v) is 1.87. The molecule has 2 N–H and O–H groups in total. The predicted octanol–water partition coefficient (Wildman–Crippen LogP) is 3.14. The van der Waals surface area contributed by atoms with Crippen LogP contribution in [0.2, 0.25) is 0 Å². The number of nitrogens with two attached hydrogens (primary N) is 1. The molecule has 1 aromatic heterocycles. The monoisotopic (exact) mass is 287 g/mol. The van der Waals surface area contributed by atoms with Gasteiger partial charge in [0, 0.05) is 13.5 Å². The van der Waals surface area contributed by atoms with Crippen LogP contribution < -0.4 is 5.73 Å². The molecule has 20 heavy (non-hydrogen) atoms. The highest BCUT2D eigenvalue weighted by Crippen LogP contribution is 2.11. The number of carbonyl (C=O) groups excluding carboxylic acids is 2. The van der Waals surface area contributed by atoms with Gasteiger partial charge in [-0.3, -0.25) is 0 Å². The van der Waals surface area contributed by atoms with Gasteiger partial charge >= 0.3 is 0 Å². The molecule has 118 valence electrons. The van der Waals surface area contributed by atoms with Crippen molar-refractivity contribution in [1.82, 2.24) is 0 Å². The van der Waals surface area contributed by atoms with E-state index in [2.05, 4.69) is 0 Å². The molecule has 1 aromatic rings. The SMILES string of the molecule is C=O.CC.COC(C)(C)C.NC(CC=O)c1ccco1. The lowest BCUT2D eigenvalue weighted by atomic mass is 10.2. The number of aldehydes is 1. The second kappa shape index (κ2) is 15.6. The number of methoxy groups -OCH3 is 1.